The summed E-state index contributed by atoms with van der Waals surface area (Å²) in [5.41, 5.74) is 1.73. The van der Waals surface area contributed by atoms with Crippen molar-refractivity contribution in [2.45, 2.75) is 45.6 Å². The van der Waals surface area contributed by atoms with Gasteiger partial charge in [-0.15, -0.1) is 11.3 Å². The molecule has 3 rings (SSSR count). The van der Waals surface area contributed by atoms with Gasteiger partial charge >= 0.3 is 0 Å². The highest BCUT2D eigenvalue weighted by Gasteiger charge is 2.30. The molecular formula is C15H19N3O2S. The third-order valence-corrected chi connectivity index (χ3v) is 4.82. The molecular weight excluding hydrogens is 286 g/mol. The minimum Gasteiger partial charge on any atom is -0.361 e. The number of carbonyl (C=O) groups excluding carboxylic acids is 1. The van der Waals surface area contributed by atoms with Crippen LogP contribution in [0.1, 0.15) is 47.5 Å². The third-order valence-electron chi connectivity index (χ3n) is 3.75. The van der Waals surface area contributed by atoms with Crippen molar-refractivity contribution in [2.75, 3.05) is 6.54 Å². The second kappa shape index (κ2) is 5.97. The minimum atomic E-state index is 0.112. The van der Waals surface area contributed by atoms with Crippen molar-refractivity contribution in [1.82, 2.24) is 15.0 Å². The molecule has 0 saturated carbocycles. The van der Waals surface area contributed by atoms with Crippen LogP contribution in [-0.4, -0.2) is 27.5 Å². The van der Waals surface area contributed by atoms with E-state index in [1.807, 2.05) is 30.2 Å². The lowest BCUT2D eigenvalue weighted by molar-refractivity contribution is -0.134. The Balaban J connectivity index is 1.75. The molecule has 1 fully saturated rings. The lowest BCUT2D eigenvalue weighted by Crippen LogP contribution is -2.39. The van der Waals surface area contributed by atoms with E-state index in [9.17, 15) is 4.79 Å². The van der Waals surface area contributed by atoms with Crippen LogP contribution in [-0.2, 0) is 11.2 Å². The maximum Gasteiger partial charge on any atom is 0.229 e. The standard InChI is InChI=1S/C15H19N3O2S/c1-10-9-21-15(16-10)13-5-3-4-6-18(13)14(19)8-12-7-11(2)20-17-12/h7,9,13H,3-6,8H2,1-2H3/t13-/m1/s1. The Morgan fingerprint density at radius 1 is 1.48 bits per heavy atom. The van der Waals surface area contributed by atoms with Crippen molar-refractivity contribution < 1.29 is 9.32 Å². The molecule has 3 heterocycles. The van der Waals surface area contributed by atoms with Crippen LogP contribution in [0.15, 0.2) is 16.0 Å². The Labute approximate surface area is 128 Å². The predicted molar refractivity (Wildman–Crippen MR) is 80.1 cm³/mol. The molecule has 0 aromatic carbocycles. The molecule has 1 saturated heterocycles. The maximum absolute atomic E-state index is 12.6. The smallest absolute Gasteiger partial charge is 0.229 e. The summed E-state index contributed by atoms with van der Waals surface area (Å²) in [5.74, 6) is 0.851. The second-order valence-corrected chi connectivity index (χ2v) is 6.42. The fraction of sp³-hybridized carbons (Fsp3) is 0.533. The quantitative estimate of drug-likeness (QED) is 0.874. The van der Waals surface area contributed by atoms with Gasteiger partial charge in [-0.05, 0) is 33.1 Å². The maximum atomic E-state index is 12.6. The van der Waals surface area contributed by atoms with Crippen LogP contribution < -0.4 is 0 Å². The zero-order valence-corrected chi connectivity index (χ0v) is 13.2. The number of rotatable bonds is 3. The zero-order chi connectivity index (χ0) is 14.8. The monoisotopic (exact) mass is 305 g/mol. The van der Waals surface area contributed by atoms with E-state index in [2.05, 4.69) is 10.1 Å². The van der Waals surface area contributed by atoms with E-state index in [0.29, 0.717) is 12.1 Å². The van der Waals surface area contributed by atoms with Gasteiger partial charge in [0.15, 0.2) is 0 Å². The van der Waals surface area contributed by atoms with E-state index in [0.717, 1.165) is 42.3 Å². The first-order chi connectivity index (χ1) is 10.1. The molecule has 1 aliphatic rings. The Hall–Kier alpha value is -1.69. The number of piperidine rings is 1. The Kier molecular flexibility index (Phi) is 4.05. The molecule has 0 bridgehead atoms. The van der Waals surface area contributed by atoms with E-state index in [-0.39, 0.29) is 11.9 Å². The van der Waals surface area contributed by atoms with Crippen LogP contribution in [0.2, 0.25) is 0 Å². The molecule has 0 aliphatic carbocycles. The highest BCUT2D eigenvalue weighted by molar-refractivity contribution is 7.09. The van der Waals surface area contributed by atoms with Gasteiger partial charge in [-0.25, -0.2) is 4.98 Å². The number of amides is 1. The fourth-order valence-electron chi connectivity index (χ4n) is 2.77. The van der Waals surface area contributed by atoms with Crippen LogP contribution in [0.5, 0.6) is 0 Å². The van der Waals surface area contributed by atoms with Crippen LogP contribution in [0.4, 0.5) is 0 Å². The summed E-state index contributed by atoms with van der Waals surface area (Å²) in [7, 11) is 0. The van der Waals surface area contributed by atoms with Crippen molar-refractivity contribution in [3.63, 3.8) is 0 Å². The average molecular weight is 305 g/mol. The van der Waals surface area contributed by atoms with Gasteiger partial charge < -0.3 is 9.42 Å². The molecule has 6 heteroatoms. The van der Waals surface area contributed by atoms with Gasteiger partial charge in [-0.2, -0.15) is 0 Å². The number of carbonyl (C=O) groups is 1. The molecule has 112 valence electrons. The van der Waals surface area contributed by atoms with E-state index < -0.39 is 0 Å². The largest absolute Gasteiger partial charge is 0.361 e. The average Bonchev–Trinajstić information content (AvgIpc) is 3.07. The van der Waals surface area contributed by atoms with Gasteiger partial charge in [0.1, 0.15) is 10.8 Å². The number of thiazole rings is 1. The van der Waals surface area contributed by atoms with Crippen molar-refractivity contribution in [3.8, 4) is 0 Å². The fourth-order valence-corrected chi connectivity index (χ4v) is 3.71. The van der Waals surface area contributed by atoms with E-state index in [1.54, 1.807) is 11.3 Å². The normalized spacial score (nSPS) is 19.0. The molecule has 2 aromatic heterocycles. The first-order valence-electron chi connectivity index (χ1n) is 7.27. The molecule has 0 N–H and O–H groups in total. The highest BCUT2D eigenvalue weighted by atomic mass is 32.1. The van der Waals surface area contributed by atoms with Gasteiger partial charge in [0.2, 0.25) is 5.91 Å². The molecule has 0 radical (unpaired) electrons. The van der Waals surface area contributed by atoms with Gasteiger partial charge in [-0.3, -0.25) is 4.79 Å². The number of nitrogens with zero attached hydrogens (tertiary/aromatic N) is 3. The minimum absolute atomic E-state index is 0.112. The molecule has 0 unspecified atom stereocenters. The summed E-state index contributed by atoms with van der Waals surface area (Å²) in [6.07, 6.45) is 3.51. The SMILES string of the molecule is Cc1csc([C@H]2CCCCN2C(=O)Cc2cc(C)on2)n1. The molecule has 1 aliphatic heterocycles. The number of aryl methyl sites for hydroxylation is 2. The van der Waals surface area contributed by atoms with Gasteiger partial charge in [0.25, 0.3) is 0 Å². The number of hydrogen-bond donors (Lipinski definition) is 0. The number of likely N-dealkylation sites (tertiary alicyclic amines) is 1. The van der Waals surface area contributed by atoms with E-state index in [1.165, 1.54) is 0 Å². The summed E-state index contributed by atoms with van der Waals surface area (Å²) in [5, 5.41) is 7.02. The topological polar surface area (TPSA) is 59.2 Å². The Morgan fingerprint density at radius 3 is 3.00 bits per heavy atom. The molecule has 5 nitrogen and oxygen atoms in total. The Bertz CT molecular complexity index is 634. The van der Waals surface area contributed by atoms with Crippen molar-refractivity contribution in [1.29, 1.82) is 0 Å². The second-order valence-electron chi connectivity index (χ2n) is 5.53. The van der Waals surface area contributed by atoms with Crippen molar-refractivity contribution >= 4 is 17.2 Å². The van der Waals surface area contributed by atoms with Crippen molar-refractivity contribution in [2.24, 2.45) is 0 Å². The summed E-state index contributed by atoms with van der Waals surface area (Å²) in [6, 6.07) is 1.95. The number of hydrogen-bond acceptors (Lipinski definition) is 5. The predicted octanol–water partition coefficient (Wildman–Crippen LogP) is 3.04. The van der Waals surface area contributed by atoms with Crippen LogP contribution in [0, 0.1) is 13.8 Å². The summed E-state index contributed by atoms with van der Waals surface area (Å²) >= 11 is 1.65. The van der Waals surface area contributed by atoms with Crippen LogP contribution >= 0.6 is 11.3 Å². The summed E-state index contributed by atoms with van der Waals surface area (Å²) < 4.78 is 5.04. The Morgan fingerprint density at radius 2 is 2.33 bits per heavy atom. The number of aromatic nitrogens is 2. The zero-order valence-electron chi connectivity index (χ0n) is 12.3. The first kappa shape index (κ1) is 14.3. The molecule has 1 amide bonds. The van der Waals surface area contributed by atoms with E-state index >= 15 is 0 Å². The van der Waals surface area contributed by atoms with Gasteiger partial charge in [-0.1, -0.05) is 5.16 Å². The van der Waals surface area contributed by atoms with Crippen LogP contribution in [0.25, 0.3) is 0 Å². The molecule has 1 atom stereocenters. The lowest BCUT2D eigenvalue weighted by atomic mass is 10.0. The first-order valence-corrected chi connectivity index (χ1v) is 8.15. The summed E-state index contributed by atoms with van der Waals surface area (Å²) in [6.45, 7) is 4.63. The van der Waals surface area contributed by atoms with Gasteiger partial charge in [0.05, 0.1) is 18.2 Å². The van der Waals surface area contributed by atoms with Crippen molar-refractivity contribution in [3.05, 3.63) is 33.6 Å². The van der Waals surface area contributed by atoms with Gasteiger partial charge in [0, 0.05) is 23.7 Å². The van der Waals surface area contributed by atoms with E-state index in [4.69, 9.17) is 4.52 Å². The molecule has 2 aromatic rings. The van der Waals surface area contributed by atoms with Crippen LogP contribution in [0.3, 0.4) is 0 Å². The lowest BCUT2D eigenvalue weighted by Gasteiger charge is -2.34. The molecule has 21 heavy (non-hydrogen) atoms. The highest BCUT2D eigenvalue weighted by Crippen LogP contribution is 2.33. The third kappa shape index (κ3) is 3.15. The molecule has 0 spiro atoms. The summed E-state index contributed by atoms with van der Waals surface area (Å²) in [4.78, 5) is 19.1.